The molecule has 1 saturated heterocycles. The Balaban J connectivity index is 1.93. The second kappa shape index (κ2) is 5.44. The number of aryl methyl sites for hydroxylation is 1. The van der Waals surface area contributed by atoms with E-state index in [1.54, 1.807) is 9.58 Å². The molecular weight excluding hydrogens is 258 g/mol. The van der Waals surface area contributed by atoms with Crippen LogP contribution in [0.5, 0.6) is 0 Å². The van der Waals surface area contributed by atoms with Crippen LogP contribution in [0.1, 0.15) is 26.5 Å². The predicted octanol–water partition coefficient (Wildman–Crippen LogP) is 1.19. The average Bonchev–Trinajstić information content (AvgIpc) is 2.85. The van der Waals surface area contributed by atoms with Crippen molar-refractivity contribution in [1.29, 1.82) is 0 Å². The number of β-amino-alcohol motifs (C(OH)–C–C–N with tert-alkyl or cyclic N) is 1. The molecule has 1 N–H and O–H groups in total. The van der Waals surface area contributed by atoms with E-state index in [1.807, 2.05) is 40.1 Å². The first-order chi connectivity index (χ1) is 9.24. The summed E-state index contributed by atoms with van der Waals surface area (Å²) in [6, 6.07) is 1.93. The lowest BCUT2D eigenvalue weighted by Gasteiger charge is -2.24. The lowest BCUT2D eigenvalue weighted by Crippen LogP contribution is -2.35. The Labute approximate surface area is 119 Å². The van der Waals surface area contributed by atoms with Gasteiger partial charge in [0.2, 0.25) is 0 Å². The highest BCUT2D eigenvalue weighted by atomic mass is 16.6. The molecule has 0 aliphatic carbocycles. The molecule has 1 amide bonds. The number of carbonyl (C=O) groups excluding carboxylic acids is 1. The number of aromatic nitrogens is 2. The number of nitrogens with zero attached hydrogens (tertiary/aromatic N) is 3. The van der Waals surface area contributed by atoms with Crippen LogP contribution in [0.25, 0.3) is 0 Å². The molecular formula is C14H23N3O3. The second-order valence-electron chi connectivity index (χ2n) is 6.40. The van der Waals surface area contributed by atoms with E-state index in [4.69, 9.17) is 4.74 Å². The van der Waals surface area contributed by atoms with E-state index in [0.29, 0.717) is 19.5 Å². The van der Waals surface area contributed by atoms with Gasteiger partial charge in [-0.25, -0.2) is 4.79 Å². The molecule has 0 aromatic carbocycles. The molecule has 1 aliphatic heterocycles. The number of carbonyl (C=O) groups is 1. The largest absolute Gasteiger partial charge is 0.444 e. The number of ether oxygens (including phenoxy) is 1. The van der Waals surface area contributed by atoms with Crippen LogP contribution in [0.15, 0.2) is 12.3 Å². The average molecular weight is 281 g/mol. The number of hydrogen-bond acceptors (Lipinski definition) is 4. The number of rotatable bonds is 2. The third kappa shape index (κ3) is 3.72. The number of aliphatic hydroxyl groups is 1. The van der Waals surface area contributed by atoms with Gasteiger partial charge in [-0.3, -0.25) is 4.68 Å². The van der Waals surface area contributed by atoms with Crippen molar-refractivity contribution >= 4 is 6.09 Å². The molecule has 2 heterocycles. The molecule has 1 aliphatic rings. The first kappa shape index (κ1) is 14.8. The Morgan fingerprint density at radius 2 is 2.20 bits per heavy atom. The van der Waals surface area contributed by atoms with Crippen molar-refractivity contribution in [3.8, 4) is 0 Å². The first-order valence-electron chi connectivity index (χ1n) is 6.89. The highest BCUT2D eigenvalue weighted by molar-refractivity contribution is 5.68. The summed E-state index contributed by atoms with van der Waals surface area (Å²) < 4.78 is 7.07. The topological polar surface area (TPSA) is 67.6 Å². The van der Waals surface area contributed by atoms with Crippen molar-refractivity contribution in [2.75, 3.05) is 13.1 Å². The van der Waals surface area contributed by atoms with Crippen LogP contribution in [0.4, 0.5) is 4.79 Å². The van der Waals surface area contributed by atoms with Crippen LogP contribution in [-0.4, -0.2) is 50.7 Å². The highest BCUT2D eigenvalue weighted by Crippen LogP contribution is 2.22. The number of likely N-dealkylation sites (tertiary alicyclic amines) is 1. The fraction of sp³-hybridized carbons (Fsp3) is 0.714. The van der Waals surface area contributed by atoms with Crippen molar-refractivity contribution in [3.05, 3.63) is 18.0 Å². The van der Waals surface area contributed by atoms with Gasteiger partial charge in [-0.2, -0.15) is 5.10 Å². The van der Waals surface area contributed by atoms with Gasteiger partial charge in [0, 0.05) is 25.7 Å². The molecule has 1 fully saturated rings. The quantitative estimate of drug-likeness (QED) is 0.884. The minimum atomic E-state index is -0.524. The molecule has 112 valence electrons. The molecule has 20 heavy (non-hydrogen) atoms. The van der Waals surface area contributed by atoms with Gasteiger partial charge in [0.1, 0.15) is 5.60 Å². The van der Waals surface area contributed by atoms with Crippen molar-refractivity contribution < 1.29 is 14.6 Å². The van der Waals surface area contributed by atoms with E-state index in [0.717, 1.165) is 5.69 Å². The van der Waals surface area contributed by atoms with Gasteiger partial charge < -0.3 is 14.7 Å². The molecule has 6 nitrogen and oxygen atoms in total. The Morgan fingerprint density at radius 1 is 1.50 bits per heavy atom. The summed E-state index contributed by atoms with van der Waals surface area (Å²) in [7, 11) is 1.86. The summed E-state index contributed by atoms with van der Waals surface area (Å²) in [6.07, 6.45) is 1.66. The maximum Gasteiger partial charge on any atom is 0.410 e. The molecule has 0 bridgehead atoms. The van der Waals surface area contributed by atoms with Gasteiger partial charge in [-0.15, -0.1) is 0 Å². The standard InChI is InChI=1S/C14H23N3O3/c1-14(2,3)20-13(19)17-8-10(12(18)9-17)7-11-5-6-16(4)15-11/h5-6,10,12,18H,7-9H2,1-4H3/t10-,12-/m1/s1. The van der Waals surface area contributed by atoms with Crippen LogP contribution in [0, 0.1) is 5.92 Å². The van der Waals surface area contributed by atoms with Crippen LogP contribution in [-0.2, 0) is 18.2 Å². The molecule has 2 atom stereocenters. The van der Waals surface area contributed by atoms with E-state index in [9.17, 15) is 9.90 Å². The molecule has 1 aromatic heterocycles. The van der Waals surface area contributed by atoms with E-state index < -0.39 is 11.7 Å². The van der Waals surface area contributed by atoms with Gasteiger partial charge in [-0.05, 0) is 33.3 Å². The second-order valence-corrected chi connectivity index (χ2v) is 6.40. The Bertz CT molecular complexity index is 478. The smallest absolute Gasteiger partial charge is 0.410 e. The fourth-order valence-electron chi connectivity index (χ4n) is 2.37. The summed E-state index contributed by atoms with van der Waals surface area (Å²) in [4.78, 5) is 13.6. The van der Waals surface area contributed by atoms with E-state index in [-0.39, 0.29) is 12.0 Å². The van der Waals surface area contributed by atoms with E-state index in [1.165, 1.54) is 0 Å². The third-order valence-corrected chi connectivity index (χ3v) is 3.30. The van der Waals surface area contributed by atoms with E-state index >= 15 is 0 Å². The first-order valence-corrected chi connectivity index (χ1v) is 6.89. The molecule has 1 aromatic rings. The van der Waals surface area contributed by atoms with Crippen LogP contribution >= 0.6 is 0 Å². The van der Waals surface area contributed by atoms with Gasteiger partial charge in [-0.1, -0.05) is 0 Å². The zero-order chi connectivity index (χ0) is 14.9. The Morgan fingerprint density at radius 3 is 2.75 bits per heavy atom. The molecule has 6 heteroatoms. The van der Waals surface area contributed by atoms with Gasteiger partial charge in [0.25, 0.3) is 0 Å². The van der Waals surface area contributed by atoms with Crippen LogP contribution < -0.4 is 0 Å². The lowest BCUT2D eigenvalue weighted by molar-refractivity contribution is 0.0269. The summed E-state index contributed by atoms with van der Waals surface area (Å²) in [5, 5.41) is 14.4. The third-order valence-electron chi connectivity index (χ3n) is 3.30. The molecule has 0 radical (unpaired) electrons. The van der Waals surface area contributed by atoms with Gasteiger partial charge in [0.15, 0.2) is 0 Å². The highest BCUT2D eigenvalue weighted by Gasteiger charge is 2.36. The molecule has 0 spiro atoms. The van der Waals surface area contributed by atoms with Crippen molar-refractivity contribution in [3.63, 3.8) is 0 Å². The zero-order valence-corrected chi connectivity index (χ0v) is 12.5. The molecule has 2 rings (SSSR count). The summed E-state index contributed by atoms with van der Waals surface area (Å²) >= 11 is 0. The number of amides is 1. The van der Waals surface area contributed by atoms with Crippen molar-refractivity contribution in [2.24, 2.45) is 13.0 Å². The molecule has 0 unspecified atom stereocenters. The summed E-state index contributed by atoms with van der Waals surface area (Å²) in [6.45, 7) is 6.34. The van der Waals surface area contributed by atoms with Gasteiger partial charge >= 0.3 is 6.09 Å². The SMILES string of the molecule is Cn1ccc(C[C@@H]2CN(C(=O)OC(C)(C)C)C[C@H]2O)n1. The maximum atomic E-state index is 12.0. The summed E-state index contributed by atoms with van der Waals surface area (Å²) in [5.74, 6) is 0.0115. The zero-order valence-electron chi connectivity index (χ0n) is 12.5. The number of aliphatic hydroxyl groups excluding tert-OH is 1. The molecule has 0 saturated carbocycles. The minimum absolute atomic E-state index is 0.0115. The predicted molar refractivity (Wildman–Crippen MR) is 74.2 cm³/mol. The van der Waals surface area contributed by atoms with Gasteiger partial charge in [0.05, 0.1) is 18.3 Å². The van der Waals surface area contributed by atoms with Crippen LogP contribution in [0.2, 0.25) is 0 Å². The Kier molecular flexibility index (Phi) is 4.04. The maximum absolute atomic E-state index is 12.0. The normalized spacial score (nSPS) is 23.1. The van der Waals surface area contributed by atoms with Crippen molar-refractivity contribution in [1.82, 2.24) is 14.7 Å². The van der Waals surface area contributed by atoms with E-state index in [2.05, 4.69) is 5.10 Å². The Hall–Kier alpha value is -1.56. The summed E-state index contributed by atoms with van der Waals surface area (Å²) in [5.41, 5.74) is 0.420. The van der Waals surface area contributed by atoms with Crippen molar-refractivity contribution in [2.45, 2.75) is 38.9 Å². The monoisotopic (exact) mass is 281 g/mol. The minimum Gasteiger partial charge on any atom is -0.444 e. The van der Waals surface area contributed by atoms with Crippen LogP contribution in [0.3, 0.4) is 0 Å². The number of hydrogen-bond donors (Lipinski definition) is 1. The lowest BCUT2D eigenvalue weighted by atomic mass is 10.0. The fourth-order valence-corrected chi connectivity index (χ4v) is 2.37.